The Morgan fingerprint density at radius 1 is 1.13 bits per heavy atom. The van der Waals surface area contributed by atoms with E-state index in [9.17, 15) is 0 Å². The molecule has 1 fully saturated rings. The third-order valence-electron chi connectivity index (χ3n) is 4.55. The predicted octanol–water partition coefficient (Wildman–Crippen LogP) is 3.03. The van der Waals surface area contributed by atoms with E-state index in [0.717, 1.165) is 0 Å². The van der Waals surface area contributed by atoms with Crippen LogP contribution >= 0.6 is 0 Å². The summed E-state index contributed by atoms with van der Waals surface area (Å²) in [5.41, 5.74) is 12.8. The second-order valence-corrected chi connectivity index (χ2v) is 5.43. The van der Waals surface area contributed by atoms with E-state index < -0.39 is 0 Å². The van der Waals surface area contributed by atoms with Crippen LogP contribution < -0.4 is 5.73 Å². The van der Waals surface area contributed by atoms with Crippen molar-refractivity contribution < 1.29 is 0 Å². The molecule has 1 heteroatoms. The van der Waals surface area contributed by atoms with Crippen molar-refractivity contribution in [3.05, 3.63) is 34.4 Å². The molecule has 1 nitrogen and oxygen atoms in total. The Morgan fingerprint density at radius 3 is 2.47 bits per heavy atom. The molecule has 2 aliphatic rings. The molecule has 1 atom stereocenters. The van der Waals surface area contributed by atoms with Crippen molar-refractivity contribution in [1.82, 2.24) is 0 Å². The van der Waals surface area contributed by atoms with Crippen LogP contribution in [0.25, 0.3) is 0 Å². The zero-order chi connectivity index (χ0) is 10.6. The number of benzene rings is 1. The van der Waals surface area contributed by atoms with Crippen molar-refractivity contribution in [1.29, 1.82) is 0 Å². The van der Waals surface area contributed by atoms with E-state index in [1.165, 1.54) is 42.4 Å². The lowest BCUT2D eigenvalue weighted by Crippen LogP contribution is -2.30. The van der Waals surface area contributed by atoms with Crippen LogP contribution in [0.1, 0.15) is 47.6 Å². The predicted molar refractivity (Wildman–Crippen MR) is 62.8 cm³/mol. The number of hydrogen-bond acceptors (Lipinski definition) is 1. The van der Waals surface area contributed by atoms with Crippen molar-refractivity contribution in [3.8, 4) is 0 Å². The van der Waals surface area contributed by atoms with E-state index >= 15 is 0 Å². The molecule has 1 aromatic carbocycles. The standard InChI is InChI=1S/C14H19N/c1-9-3-4-10(2)12-11(9)5-6-14(7-8-14)13(12)15/h3-4,13H,5-8,15H2,1-2H3. The normalized spacial score (nSPS) is 26.5. The maximum Gasteiger partial charge on any atom is 0.0357 e. The molecule has 1 saturated carbocycles. The van der Waals surface area contributed by atoms with E-state index in [2.05, 4.69) is 26.0 Å². The Kier molecular flexibility index (Phi) is 1.79. The highest BCUT2D eigenvalue weighted by atomic mass is 14.8. The zero-order valence-corrected chi connectivity index (χ0v) is 9.64. The van der Waals surface area contributed by atoms with Crippen LogP contribution in [-0.2, 0) is 6.42 Å². The molecule has 0 amide bonds. The molecule has 80 valence electrons. The molecular formula is C14H19N. The number of fused-ring (bicyclic) bond motifs is 1. The Balaban J connectivity index is 2.17. The molecular weight excluding hydrogens is 182 g/mol. The summed E-state index contributed by atoms with van der Waals surface area (Å²) in [7, 11) is 0. The molecule has 0 heterocycles. The minimum absolute atomic E-state index is 0.307. The number of aryl methyl sites for hydroxylation is 2. The monoisotopic (exact) mass is 201 g/mol. The molecule has 3 rings (SSSR count). The van der Waals surface area contributed by atoms with Crippen molar-refractivity contribution in [2.75, 3.05) is 0 Å². The summed E-state index contributed by atoms with van der Waals surface area (Å²) >= 11 is 0. The molecule has 0 saturated heterocycles. The molecule has 15 heavy (non-hydrogen) atoms. The van der Waals surface area contributed by atoms with Gasteiger partial charge in [-0.3, -0.25) is 0 Å². The zero-order valence-electron chi connectivity index (χ0n) is 9.64. The van der Waals surface area contributed by atoms with Gasteiger partial charge in [-0.25, -0.2) is 0 Å². The largest absolute Gasteiger partial charge is 0.323 e. The SMILES string of the molecule is Cc1ccc(C)c2c1CCC1(CC1)C2N. The fraction of sp³-hybridized carbons (Fsp3) is 0.571. The topological polar surface area (TPSA) is 26.0 Å². The summed E-state index contributed by atoms with van der Waals surface area (Å²) in [5, 5.41) is 0. The minimum atomic E-state index is 0.307. The van der Waals surface area contributed by atoms with Gasteiger partial charge in [0.2, 0.25) is 0 Å². The lowest BCUT2D eigenvalue weighted by Gasteiger charge is -2.33. The van der Waals surface area contributed by atoms with Gasteiger partial charge in [0.25, 0.3) is 0 Å². The highest BCUT2D eigenvalue weighted by Crippen LogP contribution is 2.60. The van der Waals surface area contributed by atoms with Crippen LogP contribution in [0.2, 0.25) is 0 Å². The molecule has 0 bridgehead atoms. The third kappa shape index (κ3) is 1.19. The Hall–Kier alpha value is -0.820. The van der Waals surface area contributed by atoms with Crippen LogP contribution in [0.15, 0.2) is 12.1 Å². The molecule has 0 radical (unpaired) electrons. The van der Waals surface area contributed by atoms with Crippen molar-refractivity contribution in [3.63, 3.8) is 0 Å². The van der Waals surface area contributed by atoms with Crippen LogP contribution in [0.5, 0.6) is 0 Å². The highest BCUT2D eigenvalue weighted by molar-refractivity contribution is 5.45. The van der Waals surface area contributed by atoms with E-state index in [4.69, 9.17) is 5.73 Å². The van der Waals surface area contributed by atoms with Crippen LogP contribution in [0.3, 0.4) is 0 Å². The Bertz CT molecular complexity index is 416. The first-order valence-corrected chi connectivity index (χ1v) is 5.99. The maximum absolute atomic E-state index is 6.46. The number of nitrogens with two attached hydrogens (primary N) is 1. The quantitative estimate of drug-likeness (QED) is 0.686. The van der Waals surface area contributed by atoms with Crippen LogP contribution in [-0.4, -0.2) is 0 Å². The van der Waals surface area contributed by atoms with Gasteiger partial charge in [0, 0.05) is 6.04 Å². The number of rotatable bonds is 0. The molecule has 1 aromatic rings. The fourth-order valence-corrected chi connectivity index (χ4v) is 3.21. The van der Waals surface area contributed by atoms with Gasteiger partial charge in [-0.05, 0) is 67.2 Å². The van der Waals surface area contributed by atoms with Gasteiger partial charge in [0.15, 0.2) is 0 Å². The Morgan fingerprint density at radius 2 is 1.80 bits per heavy atom. The Labute approximate surface area is 91.7 Å². The average Bonchev–Trinajstić information content (AvgIpc) is 2.98. The second kappa shape index (κ2) is 2.85. The van der Waals surface area contributed by atoms with Crippen molar-refractivity contribution in [2.45, 2.75) is 45.6 Å². The fourth-order valence-electron chi connectivity index (χ4n) is 3.21. The van der Waals surface area contributed by atoms with E-state index in [1.54, 1.807) is 5.56 Å². The summed E-state index contributed by atoms with van der Waals surface area (Å²) in [6.45, 7) is 4.43. The molecule has 1 unspecified atom stereocenters. The second-order valence-electron chi connectivity index (χ2n) is 5.43. The smallest absolute Gasteiger partial charge is 0.0357 e. The van der Waals surface area contributed by atoms with Gasteiger partial charge in [-0.15, -0.1) is 0 Å². The van der Waals surface area contributed by atoms with E-state index in [-0.39, 0.29) is 0 Å². The highest BCUT2D eigenvalue weighted by Gasteiger charge is 2.50. The van der Waals surface area contributed by atoms with Gasteiger partial charge in [-0.1, -0.05) is 12.1 Å². The molecule has 2 aliphatic carbocycles. The van der Waals surface area contributed by atoms with Gasteiger partial charge >= 0.3 is 0 Å². The summed E-state index contributed by atoms with van der Waals surface area (Å²) in [6, 6.07) is 4.78. The lowest BCUT2D eigenvalue weighted by atomic mass is 9.74. The first kappa shape index (κ1) is 9.41. The van der Waals surface area contributed by atoms with Gasteiger partial charge in [0.05, 0.1) is 0 Å². The van der Waals surface area contributed by atoms with Gasteiger partial charge in [-0.2, -0.15) is 0 Å². The molecule has 1 spiro atoms. The third-order valence-corrected chi connectivity index (χ3v) is 4.55. The summed E-state index contributed by atoms with van der Waals surface area (Å²) in [6.07, 6.45) is 5.25. The van der Waals surface area contributed by atoms with Crippen LogP contribution in [0.4, 0.5) is 0 Å². The minimum Gasteiger partial charge on any atom is -0.323 e. The van der Waals surface area contributed by atoms with E-state index in [0.29, 0.717) is 11.5 Å². The van der Waals surface area contributed by atoms with Crippen molar-refractivity contribution >= 4 is 0 Å². The molecule has 0 aliphatic heterocycles. The summed E-state index contributed by atoms with van der Waals surface area (Å²) < 4.78 is 0. The summed E-state index contributed by atoms with van der Waals surface area (Å²) in [4.78, 5) is 0. The lowest BCUT2D eigenvalue weighted by molar-refractivity contribution is 0.352. The maximum atomic E-state index is 6.46. The van der Waals surface area contributed by atoms with Gasteiger partial charge < -0.3 is 5.73 Å². The van der Waals surface area contributed by atoms with E-state index in [1.807, 2.05) is 0 Å². The first-order valence-electron chi connectivity index (χ1n) is 5.99. The average molecular weight is 201 g/mol. The van der Waals surface area contributed by atoms with Crippen LogP contribution in [0, 0.1) is 19.3 Å². The molecule has 0 aromatic heterocycles. The van der Waals surface area contributed by atoms with Gasteiger partial charge in [0.1, 0.15) is 0 Å². The summed E-state index contributed by atoms with van der Waals surface area (Å²) in [5.74, 6) is 0. The first-order chi connectivity index (χ1) is 7.14. The van der Waals surface area contributed by atoms with Crippen molar-refractivity contribution in [2.24, 2.45) is 11.1 Å². The number of hydrogen-bond donors (Lipinski definition) is 1. The molecule has 2 N–H and O–H groups in total.